The Bertz CT molecular complexity index is 863. The first-order valence-corrected chi connectivity index (χ1v) is 20.3. The second-order valence-corrected chi connectivity index (χ2v) is 14.0. The number of esters is 2. The van der Waals surface area contributed by atoms with Crippen LogP contribution in [0.25, 0.3) is 0 Å². The number of phosphoric acid groups is 1. The minimum atomic E-state index is -4.62. The summed E-state index contributed by atoms with van der Waals surface area (Å²) in [4.78, 5) is 34.2. The van der Waals surface area contributed by atoms with Crippen LogP contribution in [-0.4, -0.2) is 65.7 Å². The fourth-order valence-corrected chi connectivity index (χ4v) is 5.75. The van der Waals surface area contributed by atoms with Gasteiger partial charge >= 0.3 is 19.8 Å². The van der Waals surface area contributed by atoms with E-state index in [4.69, 9.17) is 18.5 Å². The maximum absolute atomic E-state index is 12.3. The van der Waals surface area contributed by atoms with Crippen molar-refractivity contribution in [1.29, 1.82) is 0 Å². The van der Waals surface area contributed by atoms with Gasteiger partial charge in [0.05, 0.1) is 26.4 Å². The zero-order chi connectivity index (χ0) is 35.6. The molecule has 282 valence electrons. The molecule has 11 heteroatoms. The molecular formula is C37H69O10P. The molecule has 0 aliphatic rings. The van der Waals surface area contributed by atoms with Gasteiger partial charge in [-0.3, -0.25) is 18.6 Å². The first-order valence-electron chi connectivity index (χ1n) is 18.8. The standard InChI is InChI=1S/C37H69O10P/c1-3-5-7-9-11-12-13-14-15-16-17-18-19-20-21-23-25-27-29-37(41)47-35(31-39)33-45-48(42,43)44-32-34(30-38)46-36(40)28-26-24-22-10-8-6-4-2/h12-13,15-16,34-35,38-39H,3-11,14,17-33H2,1-2H3,(H,42,43)/b13-12-,16-15-. The van der Waals surface area contributed by atoms with Crippen molar-refractivity contribution < 1.29 is 47.8 Å². The van der Waals surface area contributed by atoms with E-state index in [9.17, 15) is 29.3 Å². The van der Waals surface area contributed by atoms with E-state index in [1.165, 1.54) is 70.6 Å². The molecule has 48 heavy (non-hydrogen) atoms. The van der Waals surface area contributed by atoms with Gasteiger partial charge in [-0.2, -0.15) is 0 Å². The van der Waals surface area contributed by atoms with Gasteiger partial charge in [0.1, 0.15) is 12.2 Å². The van der Waals surface area contributed by atoms with Crippen molar-refractivity contribution in [3.63, 3.8) is 0 Å². The van der Waals surface area contributed by atoms with Crippen LogP contribution in [0.2, 0.25) is 0 Å². The Morgan fingerprint density at radius 3 is 1.31 bits per heavy atom. The molecule has 0 radical (unpaired) electrons. The van der Waals surface area contributed by atoms with Crippen LogP contribution < -0.4 is 0 Å². The fourth-order valence-electron chi connectivity index (χ4n) is 4.97. The summed E-state index contributed by atoms with van der Waals surface area (Å²) in [5.41, 5.74) is 0. The smallest absolute Gasteiger partial charge is 0.457 e. The number of carbonyl (C=O) groups is 2. The Labute approximate surface area is 291 Å². The monoisotopic (exact) mass is 704 g/mol. The van der Waals surface area contributed by atoms with Crippen molar-refractivity contribution in [2.24, 2.45) is 0 Å². The largest absolute Gasteiger partial charge is 0.472 e. The van der Waals surface area contributed by atoms with Gasteiger partial charge in [-0.15, -0.1) is 0 Å². The second kappa shape index (κ2) is 33.9. The minimum absolute atomic E-state index is 0.185. The lowest BCUT2D eigenvalue weighted by atomic mass is 10.1. The van der Waals surface area contributed by atoms with Crippen LogP contribution in [0.4, 0.5) is 0 Å². The highest BCUT2D eigenvalue weighted by atomic mass is 31.2. The molecule has 0 heterocycles. The van der Waals surface area contributed by atoms with E-state index in [1.54, 1.807) is 0 Å². The normalized spacial score (nSPS) is 14.4. The topological polar surface area (TPSA) is 149 Å². The fraction of sp³-hybridized carbons (Fsp3) is 0.838. The van der Waals surface area contributed by atoms with E-state index >= 15 is 0 Å². The third-order valence-corrected chi connectivity index (χ3v) is 8.87. The van der Waals surface area contributed by atoms with Crippen LogP contribution in [0.3, 0.4) is 0 Å². The number of aliphatic hydroxyl groups excluding tert-OH is 2. The van der Waals surface area contributed by atoms with Gasteiger partial charge in [0.2, 0.25) is 0 Å². The van der Waals surface area contributed by atoms with E-state index in [0.717, 1.165) is 51.4 Å². The third-order valence-electron chi connectivity index (χ3n) is 7.92. The van der Waals surface area contributed by atoms with Gasteiger partial charge < -0.3 is 24.6 Å². The zero-order valence-electron chi connectivity index (χ0n) is 30.2. The van der Waals surface area contributed by atoms with Gasteiger partial charge in [-0.1, -0.05) is 128 Å². The molecule has 0 bridgehead atoms. The number of unbranched alkanes of at least 4 members (excludes halogenated alkanes) is 17. The van der Waals surface area contributed by atoms with E-state index in [2.05, 4.69) is 38.2 Å². The zero-order valence-corrected chi connectivity index (χ0v) is 31.1. The third kappa shape index (κ3) is 31.7. The Hall–Kier alpha value is -1.55. The molecule has 0 aromatic rings. The van der Waals surface area contributed by atoms with Gasteiger partial charge in [-0.05, 0) is 44.9 Å². The summed E-state index contributed by atoms with van der Waals surface area (Å²) >= 11 is 0. The number of carbonyl (C=O) groups excluding carboxylic acids is 2. The summed E-state index contributed by atoms with van der Waals surface area (Å²) in [5, 5.41) is 19.0. The van der Waals surface area contributed by atoms with E-state index in [1.807, 2.05) is 0 Å². The van der Waals surface area contributed by atoms with Crippen LogP contribution in [0.5, 0.6) is 0 Å². The summed E-state index contributed by atoms with van der Waals surface area (Å²) in [6.45, 7) is 2.11. The highest BCUT2D eigenvalue weighted by molar-refractivity contribution is 7.47. The molecule has 0 saturated heterocycles. The molecule has 0 aliphatic carbocycles. The first kappa shape index (κ1) is 46.5. The Morgan fingerprint density at radius 1 is 0.562 bits per heavy atom. The summed E-state index contributed by atoms with van der Waals surface area (Å²) < 4.78 is 32.3. The summed E-state index contributed by atoms with van der Waals surface area (Å²) in [5.74, 6) is -1.03. The maximum atomic E-state index is 12.3. The van der Waals surface area contributed by atoms with Crippen LogP contribution in [0, 0.1) is 0 Å². The van der Waals surface area contributed by atoms with E-state index < -0.39 is 58.4 Å². The average Bonchev–Trinajstić information content (AvgIpc) is 3.07. The number of phosphoric ester groups is 1. The Kier molecular flexibility index (Phi) is 32.8. The number of rotatable bonds is 35. The average molecular weight is 705 g/mol. The van der Waals surface area contributed by atoms with Crippen molar-refractivity contribution in [3.05, 3.63) is 24.3 Å². The van der Waals surface area contributed by atoms with Crippen LogP contribution in [-0.2, 0) is 32.7 Å². The van der Waals surface area contributed by atoms with Crippen molar-refractivity contribution in [2.75, 3.05) is 26.4 Å². The predicted octanol–water partition coefficient (Wildman–Crippen LogP) is 9.05. The second-order valence-electron chi connectivity index (χ2n) is 12.6. The maximum Gasteiger partial charge on any atom is 0.472 e. The molecule has 0 spiro atoms. The lowest BCUT2D eigenvalue weighted by molar-refractivity contribution is -0.153. The number of ether oxygens (including phenoxy) is 2. The Balaban J connectivity index is 3.95. The van der Waals surface area contributed by atoms with Crippen molar-refractivity contribution in [3.8, 4) is 0 Å². The van der Waals surface area contributed by atoms with Gasteiger partial charge in [0, 0.05) is 12.8 Å². The number of allylic oxidation sites excluding steroid dienone is 4. The molecule has 0 saturated carbocycles. The molecule has 0 amide bonds. The van der Waals surface area contributed by atoms with Gasteiger partial charge in [-0.25, -0.2) is 4.57 Å². The van der Waals surface area contributed by atoms with Crippen molar-refractivity contribution in [1.82, 2.24) is 0 Å². The number of aliphatic hydroxyl groups is 2. The molecule has 10 nitrogen and oxygen atoms in total. The lowest BCUT2D eigenvalue weighted by Crippen LogP contribution is -2.28. The van der Waals surface area contributed by atoms with Crippen LogP contribution >= 0.6 is 7.82 Å². The SMILES string of the molecule is CCCCCC/C=C\C/C=C\CCCCCCCCCC(=O)OC(CO)COP(=O)(O)OCC(CO)OC(=O)CCCCCCCCC. The number of hydrogen-bond donors (Lipinski definition) is 3. The van der Waals surface area contributed by atoms with Crippen LogP contribution in [0.15, 0.2) is 24.3 Å². The number of hydrogen-bond acceptors (Lipinski definition) is 9. The quantitative estimate of drug-likeness (QED) is 0.0252. The molecule has 0 aromatic heterocycles. The summed E-state index contributed by atoms with van der Waals surface area (Å²) in [7, 11) is -4.62. The first-order chi connectivity index (χ1) is 23.3. The lowest BCUT2D eigenvalue weighted by Gasteiger charge is -2.20. The van der Waals surface area contributed by atoms with Crippen LogP contribution in [0.1, 0.15) is 162 Å². The summed E-state index contributed by atoms with van der Waals surface area (Å²) in [6, 6.07) is 0. The molecule has 0 rings (SSSR count). The highest BCUT2D eigenvalue weighted by Gasteiger charge is 2.27. The van der Waals surface area contributed by atoms with Gasteiger partial charge in [0.25, 0.3) is 0 Å². The Morgan fingerprint density at radius 2 is 0.917 bits per heavy atom. The van der Waals surface area contributed by atoms with Crippen molar-refractivity contribution in [2.45, 2.75) is 174 Å². The van der Waals surface area contributed by atoms with Gasteiger partial charge in [0.15, 0.2) is 0 Å². The molecule has 3 N–H and O–H groups in total. The van der Waals surface area contributed by atoms with E-state index in [0.29, 0.717) is 12.8 Å². The minimum Gasteiger partial charge on any atom is -0.457 e. The predicted molar refractivity (Wildman–Crippen MR) is 191 cm³/mol. The summed E-state index contributed by atoms with van der Waals surface area (Å²) in [6.07, 6.45) is 30.4. The molecule has 3 unspecified atom stereocenters. The molecule has 0 aliphatic heterocycles. The molecular weight excluding hydrogens is 635 g/mol. The molecule has 0 aromatic carbocycles. The molecule has 0 fully saturated rings. The molecule has 3 atom stereocenters. The van der Waals surface area contributed by atoms with Crippen molar-refractivity contribution >= 4 is 19.8 Å². The van der Waals surface area contributed by atoms with E-state index in [-0.39, 0.29) is 12.8 Å². The highest BCUT2D eigenvalue weighted by Crippen LogP contribution is 2.43.